The quantitative estimate of drug-likeness (QED) is 0.869. The molecule has 0 atom stereocenters. The summed E-state index contributed by atoms with van der Waals surface area (Å²) < 4.78 is 1.13. The van der Waals surface area contributed by atoms with Crippen molar-refractivity contribution in [3.8, 4) is 0 Å². The average Bonchev–Trinajstić information content (AvgIpc) is 2.35. The number of halogens is 1. The lowest BCUT2D eigenvalue weighted by atomic mass is 10.1. The van der Waals surface area contributed by atoms with E-state index in [0.717, 1.165) is 28.0 Å². The van der Waals surface area contributed by atoms with Gasteiger partial charge in [0.05, 0.1) is 11.4 Å². The van der Waals surface area contributed by atoms with Gasteiger partial charge in [0.15, 0.2) is 0 Å². The zero-order valence-corrected chi connectivity index (χ0v) is 12.2. The molecule has 2 N–H and O–H groups in total. The molecule has 2 rings (SSSR count). The SMILES string of the molecule is Cc1cccc(N(C)Cc2ccccc2Br)c1N. The molecule has 2 aromatic carbocycles. The van der Waals surface area contributed by atoms with Crippen LogP contribution < -0.4 is 10.6 Å². The van der Waals surface area contributed by atoms with E-state index in [4.69, 9.17) is 5.73 Å². The summed E-state index contributed by atoms with van der Waals surface area (Å²) in [5.74, 6) is 0. The van der Waals surface area contributed by atoms with Crippen molar-refractivity contribution in [1.29, 1.82) is 0 Å². The van der Waals surface area contributed by atoms with E-state index in [9.17, 15) is 0 Å². The van der Waals surface area contributed by atoms with Gasteiger partial charge in [-0.2, -0.15) is 0 Å². The van der Waals surface area contributed by atoms with Gasteiger partial charge in [-0.05, 0) is 30.2 Å². The van der Waals surface area contributed by atoms with Crippen LogP contribution in [0.3, 0.4) is 0 Å². The summed E-state index contributed by atoms with van der Waals surface area (Å²) in [5, 5.41) is 0. The molecule has 2 nitrogen and oxygen atoms in total. The lowest BCUT2D eigenvalue weighted by Gasteiger charge is -2.22. The Bertz CT molecular complexity index is 552. The number of anilines is 2. The van der Waals surface area contributed by atoms with Crippen molar-refractivity contribution >= 4 is 27.3 Å². The molecule has 0 saturated heterocycles. The first-order chi connectivity index (χ1) is 8.59. The number of nitrogens with two attached hydrogens (primary N) is 1. The minimum absolute atomic E-state index is 0.828. The third-order valence-electron chi connectivity index (χ3n) is 3.08. The van der Waals surface area contributed by atoms with Crippen LogP contribution in [0.5, 0.6) is 0 Å². The van der Waals surface area contributed by atoms with E-state index < -0.39 is 0 Å². The molecule has 2 aromatic rings. The Morgan fingerprint density at radius 3 is 2.56 bits per heavy atom. The molecule has 0 heterocycles. The van der Waals surface area contributed by atoms with Crippen LogP contribution in [-0.4, -0.2) is 7.05 Å². The first-order valence-electron chi connectivity index (χ1n) is 5.89. The van der Waals surface area contributed by atoms with Gasteiger partial charge in [0.2, 0.25) is 0 Å². The zero-order chi connectivity index (χ0) is 13.1. The van der Waals surface area contributed by atoms with Gasteiger partial charge in [0, 0.05) is 18.1 Å². The summed E-state index contributed by atoms with van der Waals surface area (Å²) in [5.41, 5.74) is 10.4. The molecule has 0 amide bonds. The fourth-order valence-electron chi connectivity index (χ4n) is 1.97. The molecule has 3 heteroatoms. The van der Waals surface area contributed by atoms with Crippen molar-refractivity contribution in [2.45, 2.75) is 13.5 Å². The average molecular weight is 305 g/mol. The van der Waals surface area contributed by atoms with Crippen LogP contribution in [0.25, 0.3) is 0 Å². The standard InChI is InChI=1S/C15H17BrN2/c1-11-6-5-9-14(15(11)17)18(2)10-12-7-3-4-8-13(12)16/h3-9H,10,17H2,1-2H3. The van der Waals surface area contributed by atoms with Crippen molar-refractivity contribution in [3.63, 3.8) is 0 Å². The molecule has 0 fully saturated rings. The van der Waals surface area contributed by atoms with Crippen molar-refractivity contribution in [2.24, 2.45) is 0 Å². The highest BCUT2D eigenvalue weighted by atomic mass is 79.9. The number of benzene rings is 2. The summed E-state index contributed by atoms with van der Waals surface area (Å²) in [4.78, 5) is 2.17. The van der Waals surface area contributed by atoms with Crippen molar-refractivity contribution in [3.05, 3.63) is 58.1 Å². The summed E-state index contributed by atoms with van der Waals surface area (Å²) >= 11 is 3.57. The number of nitrogens with zero attached hydrogens (tertiary/aromatic N) is 1. The van der Waals surface area contributed by atoms with Crippen LogP contribution in [-0.2, 0) is 6.54 Å². The maximum atomic E-state index is 6.12. The lowest BCUT2D eigenvalue weighted by Crippen LogP contribution is -2.18. The van der Waals surface area contributed by atoms with Crippen molar-refractivity contribution in [1.82, 2.24) is 0 Å². The van der Waals surface area contributed by atoms with Crippen LogP contribution in [0.1, 0.15) is 11.1 Å². The van der Waals surface area contributed by atoms with Crippen LogP contribution in [0.15, 0.2) is 46.9 Å². The maximum absolute atomic E-state index is 6.12. The second-order valence-electron chi connectivity index (χ2n) is 4.46. The third kappa shape index (κ3) is 2.67. The Hall–Kier alpha value is -1.48. The molecule has 0 radical (unpaired) electrons. The first kappa shape index (κ1) is 13.0. The monoisotopic (exact) mass is 304 g/mol. The largest absolute Gasteiger partial charge is 0.397 e. The van der Waals surface area contributed by atoms with E-state index in [-0.39, 0.29) is 0 Å². The minimum atomic E-state index is 0.828. The lowest BCUT2D eigenvalue weighted by molar-refractivity contribution is 0.919. The third-order valence-corrected chi connectivity index (χ3v) is 3.85. The fraction of sp³-hybridized carbons (Fsp3) is 0.200. The molecule has 0 bridgehead atoms. The molecule has 0 spiro atoms. The van der Waals surface area contributed by atoms with Crippen LogP contribution >= 0.6 is 15.9 Å². The van der Waals surface area contributed by atoms with Gasteiger partial charge in [-0.1, -0.05) is 46.3 Å². The van der Waals surface area contributed by atoms with Crippen molar-refractivity contribution in [2.75, 3.05) is 17.7 Å². The molecule has 0 saturated carbocycles. The van der Waals surface area contributed by atoms with Crippen LogP contribution in [0, 0.1) is 6.92 Å². The van der Waals surface area contributed by atoms with E-state index in [1.54, 1.807) is 0 Å². The first-order valence-corrected chi connectivity index (χ1v) is 6.68. The van der Waals surface area contributed by atoms with E-state index in [1.165, 1.54) is 5.56 Å². The fourth-order valence-corrected chi connectivity index (χ4v) is 2.38. The molecule has 94 valence electrons. The molecule has 0 aliphatic rings. The Morgan fingerprint density at radius 1 is 1.11 bits per heavy atom. The summed E-state index contributed by atoms with van der Waals surface area (Å²) in [6, 6.07) is 14.4. The second-order valence-corrected chi connectivity index (χ2v) is 5.31. The van der Waals surface area contributed by atoms with Gasteiger partial charge in [-0.3, -0.25) is 0 Å². The number of rotatable bonds is 3. The van der Waals surface area contributed by atoms with Gasteiger partial charge >= 0.3 is 0 Å². The number of hydrogen-bond donors (Lipinski definition) is 1. The zero-order valence-electron chi connectivity index (χ0n) is 10.7. The molecule has 0 aromatic heterocycles. The highest BCUT2D eigenvalue weighted by molar-refractivity contribution is 9.10. The maximum Gasteiger partial charge on any atom is 0.0603 e. The summed E-state index contributed by atoms with van der Waals surface area (Å²) in [6.45, 7) is 2.86. The van der Waals surface area contributed by atoms with Gasteiger partial charge in [-0.15, -0.1) is 0 Å². The Labute approximate surface area is 117 Å². The topological polar surface area (TPSA) is 29.3 Å². The number of hydrogen-bond acceptors (Lipinski definition) is 2. The number of aryl methyl sites for hydroxylation is 1. The predicted octanol–water partition coefficient (Wildman–Crippen LogP) is 3.98. The van der Waals surface area contributed by atoms with Crippen LogP contribution in [0.4, 0.5) is 11.4 Å². The van der Waals surface area contributed by atoms with Crippen LogP contribution in [0.2, 0.25) is 0 Å². The highest BCUT2D eigenvalue weighted by Crippen LogP contribution is 2.27. The van der Waals surface area contributed by atoms with E-state index in [2.05, 4.69) is 46.1 Å². The second kappa shape index (κ2) is 5.44. The smallest absolute Gasteiger partial charge is 0.0603 e. The van der Waals surface area contributed by atoms with E-state index >= 15 is 0 Å². The van der Waals surface area contributed by atoms with Gasteiger partial charge in [-0.25, -0.2) is 0 Å². The Balaban J connectivity index is 2.25. The van der Waals surface area contributed by atoms with Gasteiger partial charge in [0.25, 0.3) is 0 Å². The highest BCUT2D eigenvalue weighted by Gasteiger charge is 2.08. The summed E-state index contributed by atoms with van der Waals surface area (Å²) in [7, 11) is 2.06. The number of para-hydroxylation sites is 1. The van der Waals surface area contributed by atoms with Crippen molar-refractivity contribution < 1.29 is 0 Å². The summed E-state index contributed by atoms with van der Waals surface area (Å²) in [6.07, 6.45) is 0. The molecule has 0 aliphatic carbocycles. The van der Waals surface area contributed by atoms with Gasteiger partial charge in [0.1, 0.15) is 0 Å². The van der Waals surface area contributed by atoms with Gasteiger partial charge < -0.3 is 10.6 Å². The van der Waals surface area contributed by atoms with E-state index in [0.29, 0.717) is 0 Å². The Kier molecular flexibility index (Phi) is 3.92. The molecule has 18 heavy (non-hydrogen) atoms. The minimum Gasteiger partial charge on any atom is -0.397 e. The molecule has 0 unspecified atom stereocenters. The normalized spacial score (nSPS) is 10.4. The predicted molar refractivity (Wildman–Crippen MR) is 81.8 cm³/mol. The van der Waals surface area contributed by atoms with E-state index in [1.807, 2.05) is 31.2 Å². The molecule has 0 aliphatic heterocycles. The number of nitrogen functional groups attached to an aromatic ring is 1. The molecular formula is C15H17BrN2. The molecular weight excluding hydrogens is 288 g/mol. The Morgan fingerprint density at radius 2 is 1.83 bits per heavy atom.